The smallest absolute Gasteiger partial charge is 0.335 e. The molecule has 1 fully saturated rings. The first-order valence-corrected chi connectivity index (χ1v) is 8.37. The van der Waals surface area contributed by atoms with Gasteiger partial charge in [0, 0.05) is 24.7 Å². The zero-order chi connectivity index (χ0) is 21.9. The highest BCUT2D eigenvalue weighted by Gasteiger charge is 2.35. The molecule has 29 heavy (non-hydrogen) atoms. The number of carbonyl (C=O) groups excluding carboxylic acids is 3. The second-order valence-corrected chi connectivity index (χ2v) is 6.38. The maximum absolute atomic E-state index is 11.8. The first-order valence-electron chi connectivity index (χ1n) is 8.37. The van der Waals surface area contributed by atoms with Crippen LogP contribution in [-0.2, 0) is 24.0 Å². The number of carboxylic acids is 2. The number of carbonyl (C=O) groups is 5. The predicted molar refractivity (Wildman–Crippen MR) is 93.6 cm³/mol. The van der Waals surface area contributed by atoms with Gasteiger partial charge in [0.15, 0.2) is 12.2 Å². The standard InChI is InChI=1S/C13H13N3O3.C4H6O6/c14-12-8-6-16(5-7(8)1-3-10(12)17)9-2-4-11(18)15-13(9)19;5-1(3(7)8)2(6)4(9)10/h1,3,5,9H,2,4,6,14H2,(H,15,18,19);1-2,5-6H,(H,7,8)(H,9,10). The molecule has 0 bridgehead atoms. The number of hydrogen-bond donors (Lipinski definition) is 6. The lowest BCUT2D eigenvalue weighted by atomic mass is 9.99. The van der Waals surface area contributed by atoms with E-state index in [1.54, 1.807) is 6.08 Å². The molecule has 0 saturated carbocycles. The average molecular weight is 409 g/mol. The molecule has 3 unspecified atom stereocenters. The first-order chi connectivity index (χ1) is 13.5. The average Bonchev–Trinajstić information content (AvgIpc) is 3.08. The Morgan fingerprint density at radius 3 is 2.21 bits per heavy atom. The Morgan fingerprint density at radius 2 is 1.69 bits per heavy atom. The third-order valence-corrected chi connectivity index (χ3v) is 4.41. The zero-order valence-corrected chi connectivity index (χ0v) is 14.9. The van der Waals surface area contributed by atoms with Gasteiger partial charge in [-0.15, -0.1) is 0 Å². The summed E-state index contributed by atoms with van der Waals surface area (Å²) in [6.45, 7) is 0.434. The third kappa shape index (κ3) is 4.86. The van der Waals surface area contributed by atoms with Gasteiger partial charge in [0.25, 0.3) is 0 Å². The lowest BCUT2D eigenvalue weighted by Gasteiger charge is -2.29. The van der Waals surface area contributed by atoms with E-state index in [0.29, 0.717) is 19.4 Å². The van der Waals surface area contributed by atoms with Gasteiger partial charge in [0.05, 0.1) is 5.70 Å². The van der Waals surface area contributed by atoms with E-state index in [2.05, 4.69) is 5.32 Å². The highest BCUT2D eigenvalue weighted by molar-refractivity contribution is 6.06. The normalized spacial score (nSPS) is 22.8. The van der Waals surface area contributed by atoms with Gasteiger partial charge >= 0.3 is 11.9 Å². The second-order valence-electron chi connectivity index (χ2n) is 6.38. The molecular formula is C17H19N3O9. The number of aliphatic carboxylic acids is 2. The Hall–Kier alpha value is -3.51. The number of nitrogens with two attached hydrogens (primary N) is 1. The van der Waals surface area contributed by atoms with Crippen LogP contribution in [0.5, 0.6) is 0 Å². The van der Waals surface area contributed by atoms with E-state index in [-0.39, 0.29) is 29.3 Å². The Labute approximate surface area is 163 Å². The molecule has 3 atom stereocenters. The molecule has 2 heterocycles. The van der Waals surface area contributed by atoms with Gasteiger partial charge in [0.1, 0.15) is 6.04 Å². The third-order valence-electron chi connectivity index (χ3n) is 4.41. The number of nitrogens with one attached hydrogen (secondary N) is 1. The summed E-state index contributed by atoms with van der Waals surface area (Å²) >= 11 is 0. The van der Waals surface area contributed by atoms with Crippen LogP contribution in [0.1, 0.15) is 12.8 Å². The molecule has 0 aromatic heterocycles. The molecule has 7 N–H and O–H groups in total. The Kier molecular flexibility index (Phi) is 6.51. The van der Waals surface area contributed by atoms with Gasteiger partial charge in [-0.3, -0.25) is 19.7 Å². The molecule has 3 rings (SSSR count). The fraction of sp³-hybridized carbons (Fsp3) is 0.353. The molecule has 2 aliphatic heterocycles. The Morgan fingerprint density at radius 1 is 1.10 bits per heavy atom. The monoisotopic (exact) mass is 409 g/mol. The number of amides is 2. The number of allylic oxidation sites excluding steroid dienone is 2. The number of aliphatic hydroxyl groups is 2. The van der Waals surface area contributed by atoms with E-state index in [1.807, 2.05) is 11.1 Å². The van der Waals surface area contributed by atoms with E-state index in [0.717, 1.165) is 11.1 Å². The van der Waals surface area contributed by atoms with Crippen molar-refractivity contribution in [3.05, 3.63) is 35.2 Å². The van der Waals surface area contributed by atoms with Gasteiger partial charge in [-0.25, -0.2) is 9.59 Å². The summed E-state index contributed by atoms with van der Waals surface area (Å²) in [4.78, 5) is 55.8. The Bertz CT molecular complexity index is 840. The van der Waals surface area contributed by atoms with Crippen LogP contribution >= 0.6 is 0 Å². The van der Waals surface area contributed by atoms with Crippen LogP contribution < -0.4 is 11.1 Å². The summed E-state index contributed by atoms with van der Waals surface area (Å²) in [5.41, 5.74) is 7.63. The maximum atomic E-state index is 11.8. The van der Waals surface area contributed by atoms with E-state index < -0.39 is 24.1 Å². The number of nitrogens with zero attached hydrogens (tertiary/aromatic N) is 1. The molecule has 0 radical (unpaired) electrons. The van der Waals surface area contributed by atoms with Crippen molar-refractivity contribution in [2.24, 2.45) is 5.73 Å². The number of imide groups is 1. The number of piperidine rings is 1. The first kappa shape index (κ1) is 21.8. The van der Waals surface area contributed by atoms with Crippen molar-refractivity contribution in [3.8, 4) is 0 Å². The highest BCUT2D eigenvalue weighted by atomic mass is 16.4. The quantitative estimate of drug-likeness (QED) is 0.262. The number of rotatable bonds is 4. The number of ketones is 1. The predicted octanol–water partition coefficient (Wildman–Crippen LogP) is -2.78. The highest BCUT2D eigenvalue weighted by Crippen LogP contribution is 2.30. The van der Waals surface area contributed by atoms with Crippen molar-refractivity contribution in [1.82, 2.24) is 10.2 Å². The van der Waals surface area contributed by atoms with E-state index >= 15 is 0 Å². The van der Waals surface area contributed by atoms with Crippen LogP contribution in [0.25, 0.3) is 0 Å². The van der Waals surface area contributed by atoms with Crippen LogP contribution in [0.3, 0.4) is 0 Å². The van der Waals surface area contributed by atoms with Crippen molar-refractivity contribution in [2.45, 2.75) is 31.1 Å². The molecule has 3 aliphatic rings. The molecule has 0 aromatic rings. The fourth-order valence-corrected chi connectivity index (χ4v) is 2.83. The molecule has 0 aromatic carbocycles. The molecule has 156 valence electrons. The molecule has 2 amide bonds. The van der Waals surface area contributed by atoms with Gasteiger partial charge in [-0.1, -0.05) is 0 Å². The number of carboxylic acid groups (broad SMARTS) is 2. The van der Waals surface area contributed by atoms with Crippen molar-refractivity contribution in [3.63, 3.8) is 0 Å². The Balaban J connectivity index is 0.000000257. The van der Waals surface area contributed by atoms with Gasteiger partial charge in [-0.2, -0.15) is 0 Å². The van der Waals surface area contributed by atoms with E-state index in [4.69, 9.17) is 26.2 Å². The number of aliphatic hydroxyl groups excluding tert-OH is 2. The summed E-state index contributed by atoms with van der Waals surface area (Å²) < 4.78 is 0. The molecule has 0 spiro atoms. The largest absolute Gasteiger partial charge is 0.479 e. The number of fused-ring (bicyclic) bond motifs is 1. The van der Waals surface area contributed by atoms with E-state index in [1.165, 1.54) is 6.08 Å². The molecule has 12 heteroatoms. The molecular weight excluding hydrogens is 390 g/mol. The minimum atomic E-state index is -2.27. The second kappa shape index (κ2) is 8.67. The summed E-state index contributed by atoms with van der Waals surface area (Å²) in [6.07, 6.45) is 1.25. The molecule has 1 aliphatic carbocycles. The minimum absolute atomic E-state index is 0.197. The maximum Gasteiger partial charge on any atom is 0.335 e. The van der Waals surface area contributed by atoms with Crippen LogP contribution in [0.15, 0.2) is 35.2 Å². The van der Waals surface area contributed by atoms with Crippen LogP contribution in [0.2, 0.25) is 0 Å². The summed E-state index contributed by atoms with van der Waals surface area (Å²) in [5, 5.41) is 34.9. The summed E-state index contributed by atoms with van der Waals surface area (Å²) in [5.74, 6) is -4.26. The van der Waals surface area contributed by atoms with Crippen molar-refractivity contribution in [2.75, 3.05) is 6.54 Å². The lowest BCUT2D eigenvalue weighted by Crippen LogP contribution is -2.50. The van der Waals surface area contributed by atoms with Crippen LogP contribution in [0.4, 0.5) is 0 Å². The summed E-state index contributed by atoms with van der Waals surface area (Å²) in [7, 11) is 0. The van der Waals surface area contributed by atoms with Crippen molar-refractivity contribution in [1.29, 1.82) is 0 Å². The SMILES string of the molecule is NC1=C2CN(C3CCC(=O)NC3=O)C=C2C=CC1=O.O=C(O)C(O)C(O)C(=O)O. The lowest BCUT2D eigenvalue weighted by molar-refractivity contribution is -0.165. The van der Waals surface area contributed by atoms with Crippen molar-refractivity contribution < 1.29 is 44.4 Å². The van der Waals surface area contributed by atoms with Gasteiger partial charge in [-0.05, 0) is 24.1 Å². The topological polar surface area (TPSA) is 208 Å². The summed E-state index contributed by atoms with van der Waals surface area (Å²) in [6, 6.07) is -0.375. The fourth-order valence-electron chi connectivity index (χ4n) is 2.83. The zero-order valence-electron chi connectivity index (χ0n) is 14.9. The molecule has 12 nitrogen and oxygen atoms in total. The van der Waals surface area contributed by atoms with E-state index in [9.17, 15) is 24.0 Å². The van der Waals surface area contributed by atoms with Crippen LogP contribution in [0, 0.1) is 0 Å². The minimum Gasteiger partial charge on any atom is -0.479 e. The number of hydrogen-bond acceptors (Lipinski definition) is 9. The molecule has 1 saturated heterocycles. The van der Waals surface area contributed by atoms with Crippen molar-refractivity contribution >= 4 is 29.5 Å². The van der Waals surface area contributed by atoms with Gasteiger partial charge < -0.3 is 31.1 Å². The van der Waals surface area contributed by atoms with Crippen LogP contribution in [-0.4, -0.2) is 79.7 Å². The van der Waals surface area contributed by atoms with Gasteiger partial charge in [0.2, 0.25) is 17.6 Å².